The van der Waals surface area contributed by atoms with Gasteiger partial charge in [0.05, 0.1) is 13.4 Å². The molecule has 0 saturated carbocycles. The quantitative estimate of drug-likeness (QED) is 0.334. The van der Waals surface area contributed by atoms with Crippen molar-refractivity contribution in [2.75, 3.05) is 33.3 Å². The third-order valence-corrected chi connectivity index (χ3v) is 8.32. The van der Waals surface area contributed by atoms with Crippen LogP contribution in [0.3, 0.4) is 0 Å². The monoisotopic (exact) mass is 503 g/mol. The van der Waals surface area contributed by atoms with Crippen molar-refractivity contribution < 1.29 is 18.3 Å². The average Bonchev–Trinajstić information content (AvgIpc) is 3.55. The molecule has 0 unspecified atom stereocenters. The summed E-state index contributed by atoms with van der Waals surface area (Å²) in [6, 6.07) is 12.9. The third kappa shape index (κ3) is 4.85. The van der Waals surface area contributed by atoms with Crippen molar-refractivity contribution in [3.8, 4) is 5.75 Å². The highest BCUT2D eigenvalue weighted by atomic mass is 19.1. The molecule has 1 amide bonds. The van der Waals surface area contributed by atoms with Crippen LogP contribution in [-0.4, -0.2) is 60.0 Å². The largest absolute Gasteiger partial charge is 0.497 e. The predicted octanol–water partition coefficient (Wildman–Crippen LogP) is 6.33. The number of furan rings is 1. The molecule has 1 atom stereocenters. The van der Waals surface area contributed by atoms with Gasteiger partial charge in [0.2, 0.25) is 0 Å². The molecule has 2 saturated heterocycles. The van der Waals surface area contributed by atoms with Gasteiger partial charge in [0, 0.05) is 47.1 Å². The van der Waals surface area contributed by atoms with Gasteiger partial charge in [-0.1, -0.05) is 0 Å². The van der Waals surface area contributed by atoms with E-state index >= 15 is 0 Å². The van der Waals surface area contributed by atoms with Crippen molar-refractivity contribution in [2.45, 2.75) is 50.5 Å². The highest BCUT2D eigenvalue weighted by Crippen LogP contribution is 2.35. The van der Waals surface area contributed by atoms with Gasteiger partial charge in [0.25, 0.3) is 5.91 Å². The molecule has 7 heteroatoms. The van der Waals surface area contributed by atoms with Crippen LogP contribution in [-0.2, 0) is 0 Å². The first kappa shape index (κ1) is 24.0. The Balaban J connectivity index is 1.07. The van der Waals surface area contributed by atoms with Crippen LogP contribution in [0.15, 0.2) is 53.1 Å². The number of hydrogen-bond donors (Lipinski definition) is 1. The Bertz CT molecular complexity index is 1400. The van der Waals surface area contributed by atoms with Gasteiger partial charge in [-0.2, -0.15) is 0 Å². The van der Waals surface area contributed by atoms with E-state index in [-0.39, 0.29) is 17.8 Å². The third-order valence-electron chi connectivity index (χ3n) is 8.32. The fourth-order valence-electron chi connectivity index (χ4n) is 6.21. The van der Waals surface area contributed by atoms with Crippen LogP contribution in [0.2, 0.25) is 0 Å². The van der Waals surface area contributed by atoms with Crippen LogP contribution in [0.5, 0.6) is 5.75 Å². The number of H-pyrrole nitrogens is 1. The van der Waals surface area contributed by atoms with Crippen LogP contribution in [0, 0.1) is 5.82 Å². The molecule has 0 spiro atoms. The van der Waals surface area contributed by atoms with Gasteiger partial charge in [0.1, 0.15) is 22.8 Å². The lowest BCUT2D eigenvalue weighted by molar-refractivity contribution is 0.0573. The summed E-state index contributed by atoms with van der Waals surface area (Å²) in [5.41, 5.74) is 3.45. The van der Waals surface area contributed by atoms with E-state index in [2.05, 4.69) is 14.8 Å². The minimum Gasteiger partial charge on any atom is -0.497 e. The van der Waals surface area contributed by atoms with Gasteiger partial charge in [-0.25, -0.2) is 4.39 Å². The van der Waals surface area contributed by atoms with Crippen LogP contribution in [0.1, 0.15) is 60.5 Å². The van der Waals surface area contributed by atoms with Gasteiger partial charge >= 0.3 is 0 Å². The molecular formula is C30H34FN3O3. The number of fused-ring (bicyclic) bond motifs is 2. The average molecular weight is 504 g/mol. The van der Waals surface area contributed by atoms with Crippen LogP contribution in [0.25, 0.3) is 21.9 Å². The number of methoxy groups -OCH3 is 1. The van der Waals surface area contributed by atoms with E-state index in [0.29, 0.717) is 17.2 Å². The zero-order chi connectivity index (χ0) is 25.4. The number of piperidine rings is 2. The normalized spacial score (nSPS) is 19.6. The molecule has 2 fully saturated rings. The van der Waals surface area contributed by atoms with Crippen molar-refractivity contribution in [2.24, 2.45) is 0 Å². The molecule has 0 bridgehead atoms. The summed E-state index contributed by atoms with van der Waals surface area (Å²) in [6.45, 7) is 3.88. The van der Waals surface area contributed by atoms with E-state index in [9.17, 15) is 9.18 Å². The predicted molar refractivity (Wildman–Crippen MR) is 143 cm³/mol. The number of benzene rings is 2. The second-order valence-corrected chi connectivity index (χ2v) is 10.5. The first-order valence-electron chi connectivity index (χ1n) is 13.5. The molecule has 2 aliphatic rings. The van der Waals surface area contributed by atoms with Crippen molar-refractivity contribution in [1.29, 1.82) is 0 Å². The minimum absolute atomic E-state index is 0.0989. The molecule has 1 N–H and O–H groups in total. The highest BCUT2D eigenvalue weighted by molar-refractivity contribution is 5.98. The molecule has 6 rings (SSSR count). The molecule has 194 valence electrons. The summed E-state index contributed by atoms with van der Waals surface area (Å²) >= 11 is 0. The van der Waals surface area contributed by atoms with E-state index in [4.69, 9.17) is 9.15 Å². The van der Waals surface area contributed by atoms with E-state index in [1.54, 1.807) is 7.11 Å². The number of hydrogen-bond acceptors (Lipinski definition) is 4. The SMILES string of the molecule is COc1ccc2[nH]c(C(=O)N3CCCC[C@H]3CCN3CCC(c4coc5cc(F)ccc45)CC3)cc2c1. The van der Waals surface area contributed by atoms with Crippen molar-refractivity contribution in [3.05, 3.63) is 65.8 Å². The summed E-state index contributed by atoms with van der Waals surface area (Å²) in [7, 11) is 1.66. The van der Waals surface area contributed by atoms with E-state index in [1.165, 1.54) is 24.1 Å². The van der Waals surface area contributed by atoms with Gasteiger partial charge < -0.3 is 23.9 Å². The van der Waals surface area contributed by atoms with Gasteiger partial charge in [-0.15, -0.1) is 0 Å². The van der Waals surface area contributed by atoms with Crippen LogP contribution in [0.4, 0.5) is 4.39 Å². The number of carbonyl (C=O) groups is 1. The number of nitrogens with one attached hydrogen (secondary N) is 1. The second-order valence-electron chi connectivity index (χ2n) is 10.5. The Labute approximate surface area is 216 Å². The maximum atomic E-state index is 13.5. The molecule has 0 aliphatic carbocycles. The Kier molecular flexibility index (Phi) is 6.63. The number of halogens is 1. The summed E-state index contributed by atoms with van der Waals surface area (Å²) < 4.78 is 24.5. The lowest BCUT2D eigenvalue weighted by atomic mass is 9.89. The molecule has 2 aliphatic heterocycles. The second kappa shape index (κ2) is 10.2. The smallest absolute Gasteiger partial charge is 0.270 e. The lowest BCUT2D eigenvalue weighted by Crippen LogP contribution is -2.46. The Morgan fingerprint density at radius 1 is 1.08 bits per heavy atom. The number of carbonyl (C=O) groups excluding carboxylic acids is 1. The van der Waals surface area contributed by atoms with Gasteiger partial charge in [-0.3, -0.25) is 4.79 Å². The van der Waals surface area contributed by atoms with Crippen LogP contribution >= 0.6 is 0 Å². The minimum atomic E-state index is -0.261. The zero-order valence-electron chi connectivity index (χ0n) is 21.3. The molecule has 4 aromatic rings. The first-order chi connectivity index (χ1) is 18.1. The highest BCUT2D eigenvalue weighted by Gasteiger charge is 2.30. The number of amides is 1. The van der Waals surface area contributed by atoms with E-state index in [0.717, 1.165) is 80.3 Å². The van der Waals surface area contributed by atoms with Gasteiger partial charge in [0.15, 0.2) is 0 Å². The number of aromatic amines is 1. The lowest BCUT2D eigenvalue weighted by Gasteiger charge is -2.38. The number of ether oxygens (including phenoxy) is 1. The molecule has 6 nitrogen and oxygen atoms in total. The summed E-state index contributed by atoms with van der Waals surface area (Å²) in [4.78, 5) is 21.4. The molecule has 2 aromatic carbocycles. The van der Waals surface area contributed by atoms with Crippen molar-refractivity contribution in [3.63, 3.8) is 0 Å². The van der Waals surface area contributed by atoms with Crippen LogP contribution < -0.4 is 4.74 Å². The Morgan fingerprint density at radius 2 is 1.95 bits per heavy atom. The van der Waals surface area contributed by atoms with Gasteiger partial charge in [-0.05, 0) is 93.9 Å². The number of likely N-dealkylation sites (tertiary alicyclic amines) is 2. The standard InChI is InChI=1S/C30H34FN3O3/c1-36-24-6-8-27-21(16-24)17-28(32-27)30(35)34-12-3-2-4-23(34)11-15-33-13-9-20(10-14-33)26-19-37-29-18-22(31)5-7-25(26)29/h5-8,16-20,23,32H,2-4,9-15H2,1H3/t23-/m0/s1. The molecule has 4 heterocycles. The van der Waals surface area contributed by atoms with E-state index in [1.807, 2.05) is 36.6 Å². The first-order valence-corrected chi connectivity index (χ1v) is 13.5. The maximum absolute atomic E-state index is 13.5. The fraction of sp³-hybridized carbons (Fsp3) is 0.433. The summed E-state index contributed by atoms with van der Waals surface area (Å²) in [5, 5.41) is 2.03. The number of rotatable bonds is 6. The summed E-state index contributed by atoms with van der Waals surface area (Å²) in [5.74, 6) is 1.07. The van der Waals surface area contributed by atoms with Crippen molar-refractivity contribution in [1.82, 2.24) is 14.8 Å². The van der Waals surface area contributed by atoms with E-state index < -0.39 is 0 Å². The molecule has 0 radical (unpaired) electrons. The van der Waals surface area contributed by atoms with Crippen molar-refractivity contribution >= 4 is 27.8 Å². The zero-order valence-corrected chi connectivity index (χ0v) is 21.3. The number of nitrogens with zero attached hydrogens (tertiary/aromatic N) is 2. The topological polar surface area (TPSA) is 61.7 Å². The fourth-order valence-corrected chi connectivity index (χ4v) is 6.21. The summed E-state index contributed by atoms with van der Waals surface area (Å²) in [6.07, 6.45) is 8.25. The molecule has 37 heavy (non-hydrogen) atoms. The number of aromatic nitrogens is 1. The maximum Gasteiger partial charge on any atom is 0.270 e. The molecular weight excluding hydrogens is 469 g/mol. The Morgan fingerprint density at radius 3 is 2.78 bits per heavy atom. The molecule has 2 aromatic heterocycles. The Hall–Kier alpha value is -3.32.